The van der Waals surface area contributed by atoms with Gasteiger partial charge in [-0.1, -0.05) is 65.2 Å². The van der Waals surface area contributed by atoms with Crippen LogP contribution in [0, 0.1) is 24.0 Å². The number of nitrogens with one attached hydrogen (secondary N) is 1. The summed E-state index contributed by atoms with van der Waals surface area (Å²) in [6, 6.07) is 14.6. The van der Waals surface area contributed by atoms with Crippen LogP contribution in [0.15, 0.2) is 84.0 Å². The van der Waals surface area contributed by atoms with E-state index < -0.39 is 52.9 Å². The van der Waals surface area contributed by atoms with Gasteiger partial charge in [-0.05, 0) is 99.0 Å². The standard InChI is InChI=1S/C41H41Cl2F2N3O9S.C2HF3O2/c1-24-5-9-27(10-6-24)38(40(50)56-37-22-47-15-13-26(37)14-16-47)46-58(52,53)30-4-2-3-29(17-30)39(49)55-35(19-31-32(42)20-48(51)21-33(31)43)28-11-12-34(57-41(44)45)36(18-28)54-23-25-7-8-25;3-2(4,5)1(6)7/h2-6,9-12,17-18,20-21,25-26,35,37-38,41,46H,7-8,13-16,19,22-23H2,1H3;(H,6,7)/t35-,37-,38?;/m0./s1. The highest BCUT2D eigenvalue weighted by atomic mass is 35.5. The summed E-state index contributed by atoms with van der Waals surface area (Å²) in [6.45, 7) is 1.43. The van der Waals surface area contributed by atoms with Gasteiger partial charge in [0.1, 0.15) is 28.3 Å². The summed E-state index contributed by atoms with van der Waals surface area (Å²) in [5.74, 6) is -4.24. The summed E-state index contributed by atoms with van der Waals surface area (Å²) < 4.78 is 112. The van der Waals surface area contributed by atoms with Crippen molar-refractivity contribution < 1.29 is 73.5 Å². The van der Waals surface area contributed by atoms with Gasteiger partial charge in [-0.2, -0.15) is 31.4 Å². The molecule has 14 nitrogen and oxygen atoms in total. The van der Waals surface area contributed by atoms with E-state index in [1.54, 1.807) is 24.3 Å². The van der Waals surface area contributed by atoms with Crippen molar-refractivity contribution in [2.75, 3.05) is 26.2 Å². The lowest BCUT2D eigenvalue weighted by molar-refractivity contribution is -0.605. The highest BCUT2D eigenvalue weighted by Gasteiger charge is 2.40. The minimum Gasteiger partial charge on any atom is -0.619 e. The van der Waals surface area contributed by atoms with Crippen LogP contribution in [0.4, 0.5) is 22.0 Å². The average Bonchev–Trinajstić information content (AvgIpc) is 4.08. The monoisotopic (exact) mass is 973 g/mol. The van der Waals surface area contributed by atoms with Crippen LogP contribution in [0.2, 0.25) is 10.0 Å². The number of carboxylic acids is 1. The first kappa shape index (κ1) is 49.2. The van der Waals surface area contributed by atoms with Crippen LogP contribution in [-0.2, 0) is 35.5 Å². The number of alkyl halides is 5. The third kappa shape index (κ3) is 13.4. The summed E-state index contributed by atoms with van der Waals surface area (Å²) in [6.07, 6.45) is -1.06. The Morgan fingerprint density at radius 3 is 2.14 bits per heavy atom. The van der Waals surface area contributed by atoms with E-state index >= 15 is 0 Å². The molecule has 1 saturated carbocycles. The smallest absolute Gasteiger partial charge is 0.490 e. The van der Waals surface area contributed by atoms with Crippen molar-refractivity contribution in [1.29, 1.82) is 0 Å². The first-order valence-corrected chi connectivity index (χ1v) is 22.3. The Hall–Kier alpha value is -5.28. The van der Waals surface area contributed by atoms with E-state index in [0.717, 1.165) is 62.8 Å². The number of carbonyl (C=O) groups excluding carboxylic acids is 2. The fourth-order valence-electron chi connectivity index (χ4n) is 7.15. The number of esters is 2. The van der Waals surface area contributed by atoms with Gasteiger partial charge in [0.15, 0.2) is 23.9 Å². The number of carboxylic acid groups (broad SMARTS) is 1. The number of fused-ring (bicyclic) bond motifs is 3. The Labute approximate surface area is 379 Å². The van der Waals surface area contributed by atoms with Gasteiger partial charge in [0.25, 0.3) is 0 Å². The normalized spacial score (nSPS) is 19.1. The van der Waals surface area contributed by atoms with E-state index in [0.29, 0.717) is 16.8 Å². The molecule has 4 aromatic rings. The molecule has 4 fully saturated rings. The van der Waals surface area contributed by atoms with Gasteiger partial charge in [0.2, 0.25) is 10.0 Å². The molecule has 2 bridgehead atoms. The number of ether oxygens (including phenoxy) is 4. The van der Waals surface area contributed by atoms with Crippen molar-refractivity contribution in [2.45, 2.75) is 75.0 Å². The van der Waals surface area contributed by atoms with Gasteiger partial charge in [0, 0.05) is 18.5 Å². The van der Waals surface area contributed by atoms with Crippen LogP contribution >= 0.6 is 23.2 Å². The molecule has 1 aromatic heterocycles. The summed E-state index contributed by atoms with van der Waals surface area (Å²) in [7, 11) is -4.47. The van der Waals surface area contributed by atoms with Gasteiger partial charge >= 0.3 is 30.7 Å². The molecule has 3 aromatic carbocycles. The van der Waals surface area contributed by atoms with Crippen molar-refractivity contribution in [1.82, 2.24) is 9.62 Å². The number of hydrogen-bond acceptors (Lipinski definition) is 11. The number of aliphatic carboxylic acids is 1. The molecule has 22 heteroatoms. The molecule has 350 valence electrons. The van der Waals surface area contributed by atoms with Gasteiger partial charge in [0.05, 0.1) is 17.1 Å². The highest BCUT2D eigenvalue weighted by molar-refractivity contribution is 7.89. The molecule has 2 N–H and O–H groups in total. The van der Waals surface area contributed by atoms with Gasteiger partial charge in [-0.25, -0.2) is 22.8 Å². The van der Waals surface area contributed by atoms with Crippen LogP contribution in [0.5, 0.6) is 11.5 Å². The predicted octanol–water partition coefficient (Wildman–Crippen LogP) is 7.76. The minimum absolute atomic E-state index is 0.0114. The number of rotatable bonds is 16. The summed E-state index contributed by atoms with van der Waals surface area (Å²) in [5.41, 5.74) is 1.64. The number of pyridine rings is 1. The molecular formula is C43H42Cl2F5N3O11S. The largest absolute Gasteiger partial charge is 0.619 e. The lowest BCUT2D eigenvalue weighted by Crippen LogP contribution is -2.52. The predicted molar refractivity (Wildman–Crippen MR) is 222 cm³/mol. The highest BCUT2D eigenvalue weighted by Crippen LogP contribution is 2.38. The zero-order valence-electron chi connectivity index (χ0n) is 34.3. The fourth-order valence-corrected chi connectivity index (χ4v) is 8.96. The van der Waals surface area contributed by atoms with Gasteiger partial charge < -0.3 is 29.3 Å². The van der Waals surface area contributed by atoms with Crippen molar-refractivity contribution >= 4 is 51.1 Å². The molecule has 0 spiro atoms. The van der Waals surface area contributed by atoms with Gasteiger partial charge in [-0.15, -0.1) is 0 Å². The third-order valence-corrected chi connectivity index (χ3v) is 12.9. The first-order chi connectivity index (χ1) is 30.7. The number of benzene rings is 3. The van der Waals surface area contributed by atoms with Crippen LogP contribution in [0.3, 0.4) is 0 Å². The number of halogens is 7. The average molecular weight is 975 g/mol. The lowest BCUT2D eigenvalue weighted by Gasteiger charge is -2.44. The summed E-state index contributed by atoms with van der Waals surface area (Å²) >= 11 is 12.8. The zero-order valence-corrected chi connectivity index (χ0v) is 36.6. The Bertz CT molecular complexity index is 2450. The van der Waals surface area contributed by atoms with E-state index in [9.17, 15) is 45.2 Å². The summed E-state index contributed by atoms with van der Waals surface area (Å²) in [5, 5.41) is 19.1. The molecule has 4 heterocycles. The number of hydrogen-bond donors (Lipinski definition) is 2. The number of nitrogens with zero attached hydrogens (tertiary/aromatic N) is 2. The van der Waals surface area contributed by atoms with E-state index in [2.05, 4.69) is 14.4 Å². The molecule has 1 aliphatic carbocycles. The number of aromatic nitrogens is 1. The number of carbonyl (C=O) groups is 3. The lowest BCUT2D eigenvalue weighted by atomic mass is 9.86. The molecule has 3 saturated heterocycles. The summed E-state index contributed by atoms with van der Waals surface area (Å²) in [4.78, 5) is 38.5. The fraction of sp³-hybridized carbons (Fsp3) is 0.395. The Morgan fingerprint density at radius 1 is 0.938 bits per heavy atom. The molecule has 3 aliphatic heterocycles. The second-order valence-electron chi connectivity index (χ2n) is 15.6. The molecule has 65 heavy (non-hydrogen) atoms. The maximum absolute atomic E-state index is 14.0. The van der Waals surface area contributed by atoms with Crippen molar-refractivity contribution in [3.63, 3.8) is 0 Å². The first-order valence-electron chi connectivity index (χ1n) is 20.1. The second kappa shape index (κ2) is 20.9. The molecule has 0 amide bonds. The van der Waals surface area contributed by atoms with E-state index in [-0.39, 0.29) is 74.1 Å². The maximum Gasteiger partial charge on any atom is 0.490 e. The number of piperidine rings is 3. The van der Waals surface area contributed by atoms with Crippen LogP contribution in [0.25, 0.3) is 0 Å². The SMILES string of the molecule is Cc1ccc(C(NS(=O)(=O)c2cccc(C(=O)O[C@@H](Cc3c(Cl)c[n+]([O-])cc3Cl)c3ccc(OC(F)F)c(OCC4CC4)c3)c2)C(=O)O[C@H]2CN3CCC2CC3)cc1.O=C(O)C(F)(F)F. The topological polar surface area (TPSA) is 185 Å². The Morgan fingerprint density at radius 2 is 1.57 bits per heavy atom. The van der Waals surface area contributed by atoms with Gasteiger partial charge in [-0.3, -0.25) is 4.90 Å². The van der Waals surface area contributed by atoms with Crippen LogP contribution in [-0.4, -0.2) is 81.5 Å². The molecule has 8 rings (SSSR count). The van der Waals surface area contributed by atoms with E-state index in [1.165, 1.54) is 36.4 Å². The quantitative estimate of drug-likeness (QED) is 0.0482. The van der Waals surface area contributed by atoms with E-state index in [4.69, 9.17) is 47.3 Å². The third-order valence-electron chi connectivity index (χ3n) is 10.8. The Balaban J connectivity index is 0.000000925. The van der Waals surface area contributed by atoms with Crippen molar-refractivity contribution in [3.05, 3.63) is 122 Å². The Kier molecular flexibility index (Phi) is 15.8. The van der Waals surface area contributed by atoms with Crippen molar-refractivity contribution in [2.24, 2.45) is 11.8 Å². The number of aryl methyl sites for hydroxylation is 1. The van der Waals surface area contributed by atoms with Crippen LogP contribution in [0.1, 0.15) is 70.4 Å². The maximum atomic E-state index is 14.0. The molecule has 4 aliphatic rings. The zero-order chi connectivity index (χ0) is 47.2. The van der Waals surface area contributed by atoms with Crippen LogP contribution < -0.4 is 18.9 Å². The molecule has 0 radical (unpaired) electrons. The minimum atomic E-state index is -5.08. The second-order valence-corrected chi connectivity index (χ2v) is 18.2. The number of sulfonamides is 1. The molecular weight excluding hydrogens is 932 g/mol. The molecule has 3 atom stereocenters. The van der Waals surface area contributed by atoms with E-state index in [1.807, 2.05) is 6.92 Å². The molecule has 1 unspecified atom stereocenters. The van der Waals surface area contributed by atoms with Crippen molar-refractivity contribution in [3.8, 4) is 11.5 Å².